The van der Waals surface area contributed by atoms with Crippen molar-refractivity contribution >= 4 is 28.6 Å². The molecule has 0 aliphatic rings. The highest BCUT2D eigenvalue weighted by Gasteiger charge is 2.19. The lowest BCUT2D eigenvalue weighted by molar-refractivity contribution is 0.0924. The average Bonchev–Trinajstić information content (AvgIpc) is 3.02. The molecule has 1 heterocycles. The molecule has 0 unspecified atom stereocenters. The van der Waals surface area contributed by atoms with E-state index in [4.69, 9.17) is 4.42 Å². The summed E-state index contributed by atoms with van der Waals surface area (Å²) in [6, 6.07) is 11.2. The van der Waals surface area contributed by atoms with E-state index in [-0.39, 0.29) is 18.0 Å². The van der Waals surface area contributed by atoms with Crippen molar-refractivity contribution in [3.8, 4) is 0 Å². The Hall–Kier alpha value is -3.28. The van der Waals surface area contributed by atoms with Gasteiger partial charge in [-0.1, -0.05) is 24.3 Å². The van der Waals surface area contributed by atoms with Crippen LogP contribution >= 0.6 is 0 Å². The van der Waals surface area contributed by atoms with E-state index in [1.165, 1.54) is 0 Å². The second kappa shape index (κ2) is 8.39. The topological polar surface area (TPSA) is 83.4 Å². The number of nitrogens with one attached hydrogen (secondary N) is 3. The number of rotatable bonds is 5. The molecule has 0 bridgehead atoms. The van der Waals surface area contributed by atoms with Gasteiger partial charge in [0.2, 0.25) is 0 Å². The van der Waals surface area contributed by atoms with Gasteiger partial charge in [-0.3, -0.25) is 4.79 Å². The molecule has 0 saturated carbocycles. The van der Waals surface area contributed by atoms with Crippen LogP contribution in [0, 0.1) is 20.8 Å². The SMILES string of the molecule is Cc1ccc(C)c2c(C)c(C(=O)NCc3ccc(NC(=O)NC(C)C)cc3)oc12. The van der Waals surface area contributed by atoms with E-state index in [0.29, 0.717) is 18.0 Å². The molecule has 0 spiro atoms. The lowest BCUT2D eigenvalue weighted by Crippen LogP contribution is -2.34. The Morgan fingerprint density at radius 2 is 1.62 bits per heavy atom. The maximum absolute atomic E-state index is 12.7. The maximum Gasteiger partial charge on any atom is 0.319 e. The summed E-state index contributed by atoms with van der Waals surface area (Å²) in [5.41, 5.74) is 5.34. The van der Waals surface area contributed by atoms with Gasteiger partial charge in [0.1, 0.15) is 5.58 Å². The standard InChI is InChI=1S/C23H27N3O3/c1-13(2)25-23(28)26-18-10-8-17(9-11-18)12-24-22(27)21-16(5)19-14(3)6-7-15(4)20(19)29-21/h6-11,13H,12H2,1-5H3,(H,24,27)(H2,25,26,28). The first kappa shape index (κ1) is 20.5. The molecule has 0 saturated heterocycles. The van der Waals surface area contributed by atoms with Gasteiger partial charge in [-0.25, -0.2) is 4.79 Å². The lowest BCUT2D eigenvalue weighted by Gasteiger charge is -2.10. The summed E-state index contributed by atoms with van der Waals surface area (Å²) in [6.07, 6.45) is 0. The highest BCUT2D eigenvalue weighted by molar-refractivity contribution is 6.00. The van der Waals surface area contributed by atoms with Crippen molar-refractivity contribution in [1.82, 2.24) is 10.6 Å². The minimum absolute atomic E-state index is 0.0683. The Morgan fingerprint density at radius 3 is 2.24 bits per heavy atom. The smallest absolute Gasteiger partial charge is 0.319 e. The molecule has 2 aromatic carbocycles. The number of anilines is 1. The third-order valence-corrected chi connectivity index (χ3v) is 4.77. The largest absolute Gasteiger partial charge is 0.450 e. The van der Waals surface area contributed by atoms with Crippen LogP contribution in [0.2, 0.25) is 0 Å². The number of amides is 3. The van der Waals surface area contributed by atoms with Crippen LogP contribution in [0.5, 0.6) is 0 Å². The monoisotopic (exact) mass is 393 g/mol. The van der Waals surface area contributed by atoms with Gasteiger partial charge >= 0.3 is 6.03 Å². The molecule has 6 nitrogen and oxygen atoms in total. The van der Waals surface area contributed by atoms with E-state index in [2.05, 4.69) is 16.0 Å². The quantitative estimate of drug-likeness (QED) is 0.581. The fraction of sp³-hybridized carbons (Fsp3) is 0.304. The summed E-state index contributed by atoms with van der Waals surface area (Å²) >= 11 is 0. The first-order chi connectivity index (χ1) is 13.8. The highest BCUT2D eigenvalue weighted by Crippen LogP contribution is 2.30. The summed E-state index contributed by atoms with van der Waals surface area (Å²) in [5.74, 6) is 0.108. The lowest BCUT2D eigenvalue weighted by atomic mass is 10.0. The van der Waals surface area contributed by atoms with Gasteiger partial charge < -0.3 is 20.4 Å². The second-order valence-electron chi connectivity index (χ2n) is 7.59. The van der Waals surface area contributed by atoms with Gasteiger partial charge in [-0.05, 0) is 63.4 Å². The van der Waals surface area contributed by atoms with Crippen molar-refractivity contribution in [2.24, 2.45) is 0 Å². The van der Waals surface area contributed by atoms with E-state index in [1.807, 2.05) is 58.9 Å². The fourth-order valence-electron chi connectivity index (χ4n) is 3.29. The van der Waals surface area contributed by atoms with E-state index >= 15 is 0 Å². The van der Waals surface area contributed by atoms with Crippen LogP contribution in [-0.4, -0.2) is 18.0 Å². The van der Waals surface area contributed by atoms with Crippen LogP contribution < -0.4 is 16.0 Å². The summed E-state index contributed by atoms with van der Waals surface area (Å²) in [4.78, 5) is 24.4. The first-order valence-electron chi connectivity index (χ1n) is 9.70. The van der Waals surface area contributed by atoms with Gasteiger partial charge in [-0.15, -0.1) is 0 Å². The average molecular weight is 393 g/mol. The summed E-state index contributed by atoms with van der Waals surface area (Å²) in [5, 5.41) is 9.46. The number of carbonyl (C=O) groups excluding carboxylic acids is 2. The normalized spacial score (nSPS) is 11.0. The van der Waals surface area contributed by atoms with E-state index in [0.717, 1.165) is 33.2 Å². The number of benzene rings is 2. The molecule has 0 aliphatic heterocycles. The van der Waals surface area contributed by atoms with Crippen molar-refractivity contribution < 1.29 is 14.0 Å². The predicted molar refractivity (Wildman–Crippen MR) is 115 cm³/mol. The molecule has 29 heavy (non-hydrogen) atoms. The Bertz CT molecular complexity index is 1050. The van der Waals surface area contributed by atoms with Crippen LogP contribution in [-0.2, 0) is 6.54 Å². The van der Waals surface area contributed by atoms with Crippen molar-refractivity contribution in [3.05, 3.63) is 64.4 Å². The third kappa shape index (κ3) is 4.59. The molecule has 3 aromatic rings. The van der Waals surface area contributed by atoms with Crippen LogP contribution in [0.15, 0.2) is 40.8 Å². The molecule has 3 N–H and O–H groups in total. The molecular formula is C23H27N3O3. The molecule has 1 aromatic heterocycles. The molecular weight excluding hydrogens is 366 g/mol. The minimum Gasteiger partial charge on any atom is -0.450 e. The number of hydrogen-bond donors (Lipinski definition) is 3. The van der Waals surface area contributed by atoms with Crippen molar-refractivity contribution in [1.29, 1.82) is 0 Å². The number of fused-ring (bicyclic) bond motifs is 1. The molecule has 0 radical (unpaired) electrons. The Morgan fingerprint density at radius 1 is 0.966 bits per heavy atom. The van der Waals surface area contributed by atoms with Crippen LogP contribution in [0.1, 0.15) is 46.7 Å². The highest BCUT2D eigenvalue weighted by atomic mass is 16.3. The number of hydrogen-bond acceptors (Lipinski definition) is 3. The fourth-order valence-corrected chi connectivity index (χ4v) is 3.29. The molecule has 0 fully saturated rings. The second-order valence-corrected chi connectivity index (χ2v) is 7.59. The molecule has 0 aliphatic carbocycles. The zero-order valence-electron chi connectivity index (χ0n) is 17.5. The van der Waals surface area contributed by atoms with Gasteiger partial charge in [0, 0.05) is 29.2 Å². The molecule has 3 amide bonds. The number of aryl methyl sites for hydroxylation is 3. The Balaban J connectivity index is 1.66. The van der Waals surface area contributed by atoms with Crippen molar-refractivity contribution in [2.75, 3.05) is 5.32 Å². The van der Waals surface area contributed by atoms with Crippen molar-refractivity contribution in [2.45, 2.75) is 47.2 Å². The molecule has 6 heteroatoms. The van der Waals surface area contributed by atoms with E-state index in [9.17, 15) is 9.59 Å². The first-order valence-corrected chi connectivity index (χ1v) is 9.70. The van der Waals surface area contributed by atoms with E-state index in [1.54, 1.807) is 12.1 Å². The zero-order valence-corrected chi connectivity index (χ0v) is 17.5. The van der Waals surface area contributed by atoms with Gasteiger partial charge in [0.25, 0.3) is 5.91 Å². The minimum atomic E-state index is -0.244. The Kier molecular flexibility index (Phi) is 5.92. The van der Waals surface area contributed by atoms with Crippen molar-refractivity contribution in [3.63, 3.8) is 0 Å². The third-order valence-electron chi connectivity index (χ3n) is 4.77. The molecule has 0 atom stereocenters. The van der Waals surface area contributed by atoms with Crippen LogP contribution in [0.25, 0.3) is 11.0 Å². The number of carbonyl (C=O) groups is 2. The van der Waals surface area contributed by atoms with E-state index < -0.39 is 0 Å². The van der Waals surface area contributed by atoms with Crippen LogP contribution in [0.4, 0.5) is 10.5 Å². The number of urea groups is 1. The molecule has 152 valence electrons. The van der Waals surface area contributed by atoms with Gasteiger partial charge in [0.15, 0.2) is 5.76 Å². The Labute approximate surface area is 170 Å². The zero-order chi connectivity index (χ0) is 21.1. The molecule has 3 rings (SSSR count). The summed E-state index contributed by atoms with van der Waals surface area (Å²) < 4.78 is 5.89. The maximum atomic E-state index is 12.7. The predicted octanol–water partition coefficient (Wildman–Crippen LogP) is 4.82. The van der Waals surface area contributed by atoms with Gasteiger partial charge in [-0.2, -0.15) is 0 Å². The number of furan rings is 1. The summed E-state index contributed by atoms with van der Waals surface area (Å²) in [7, 11) is 0. The summed E-state index contributed by atoms with van der Waals surface area (Å²) in [6.45, 7) is 10.1. The van der Waals surface area contributed by atoms with Crippen LogP contribution in [0.3, 0.4) is 0 Å². The van der Waals surface area contributed by atoms with Gasteiger partial charge in [0.05, 0.1) is 0 Å².